The lowest BCUT2D eigenvalue weighted by molar-refractivity contribution is -0.140. The fourth-order valence-corrected chi connectivity index (χ4v) is 2.47. The zero-order chi connectivity index (χ0) is 20.8. The van der Waals surface area contributed by atoms with Crippen molar-refractivity contribution in [2.75, 3.05) is 39.1 Å². The molecule has 1 aromatic rings. The van der Waals surface area contributed by atoms with Crippen LogP contribution in [0.3, 0.4) is 0 Å². The standard InChI is InChI=1S/C17H17F2NO8/c1-25-16(23)10-6-27-8-20(14(10)17(24)26-2)11-5-9(15(21)22)3-4-12(11)28-7-13(18)19/h3-5,13H,6-8H2,1-2H3,(H,21,22). The number of rotatable bonds is 7. The molecule has 9 nitrogen and oxygen atoms in total. The Bertz CT molecular complexity index is 808. The maximum atomic E-state index is 12.6. The van der Waals surface area contributed by atoms with E-state index in [2.05, 4.69) is 4.74 Å². The van der Waals surface area contributed by atoms with Crippen LogP contribution in [0.2, 0.25) is 0 Å². The third-order valence-electron chi connectivity index (χ3n) is 3.69. The van der Waals surface area contributed by atoms with E-state index in [0.717, 1.165) is 31.3 Å². The largest absolute Gasteiger partial charge is 0.485 e. The van der Waals surface area contributed by atoms with Crippen molar-refractivity contribution in [1.82, 2.24) is 0 Å². The van der Waals surface area contributed by atoms with Gasteiger partial charge in [-0.15, -0.1) is 0 Å². The minimum atomic E-state index is -2.79. The average Bonchev–Trinajstić information content (AvgIpc) is 2.70. The number of esters is 2. The smallest absolute Gasteiger partial charge is 0.355 e. The molecule has 1 aromatic carbocycles. The van der Waals surface area contributed by atoms with Crippen molar-refractivity contribution >= 4 is 23.6 Å². The second-order valence-electron chi connectivity index (χ2n) is 5.41. The normalized spacial score (nSPS) is 14.1. The fourth-order valence-electron chi connectivity index (χ4n) is 2.47. The number of hydrogen-bond acceptors (Lipinski definition) is 8. The molecule has 0 unspecified atom stereocenters. The van der Waals surface area contributed by atoms with Gasteiger partial charge in [0.25, 0.3) is 6.43 Å². The second-order valence-corrected chi connectivity index (χ2v) is 5.41. The molecule has 0 radical (unpaired) electrons. The van der Waals surface area contributed by atoms with Crippen LogP contribution in [0, 0.1) is 0 Å². The van der Waals surface area contributed by atoms with Crippen molar-refractivity contribution in [2.45, 2.75) is 6.43 Å². The molecule has 1 N–H and O–H groups in total. The maximum absolute atomic E-state index is 12.6. The predicted molar refractivity (Wildman–Crippen MR) is 89.3 cm³/mol. The van der Waals surface area contributed by atoms with Gasteiger partial charge in [-0.05, 0) is 18.2 Å². The zero-order valence-corrected chi connectivity index (χ0v) is 14.9. The second kappa shape index (κ2) is 9.13. The van der Waals surface area contributed by atoms with Gasteiger partial charge in [0.1, 0.15) is 24.8 Å². The number of anilines is 1. The van der Waals surface area contributed by atoms with Gasteiger partial charge in [-0.2, -0.15) is 0 Å². The van der Waals surface area contributed by atoms with E-state index in [4.69, 9.17) is 14.2 Å². The quantitative estimate of drug-likeness (QED) is 0.678. The molecule has 1 aliphatic heterocycles. The highest BCUT2D eigenvalue weighted by Crippen LogP contribution is 2.35. The molecule has 0 amide bonds. The summed E-state index contributed by atoms with van der Waals surface area (Å²) < 4.78 is 44.8. The van der Waals surface area contributed by atoms with Crippen LogP contribution in [0.5, 0.6) is 5.75 Å². The molecule has 0 spiro atoms. The molecule has 0 aliphatic carbocycles. The van der Waals surface area contributed by atoms with Gasteiger partial charge in [0.2, 0.25) is 0 Å². The highest BCUT2D eigenvalue weighted by Gasteiger charge is 2.34. The van der Waals surface area contributed by atoms with Crippen molar-refractivity contribution < 1.29 is 47.2 Å². The van der Waals surface area contributed by atoms with Gasteiger partial charge in [-0.3, -0.25) is 0 Å². The highest BCUT2D eigenvalue weighted by atomic mass is 19.3. The maximum Gasteiger partial charge on any atom is 0.355 e. The van der Waals surface area contributed by atoms with Crippen LogP contribution in [0.25, 0.3) is 0 Å². The van der Waals surface area contributed by atoms with Gasteiger partial charge in [0.05, 0.1) is 37.7 Å². The van der Waals surface area contributed by atoms with Crippen molar-refractivity contribution in [3.05, 3.63) is 35.0 Å². The zero-order valence-electron chi connectivity index (χ0n) is 14.9. The van der Waals surface area contributed by atoms with E-state index in [0.29, 0.717) is 0 Å². The molecular formula is C17H17F2NO8. The van der Waals surface area contributed by atoms with Crippen LogP contribution in [0.1, 0.15) is 10.4 Å². The molecule has 1 heterocycles. The number of carboxylic acids is 1. The molecular weight excluding hydrogens is 384 g/mol. The lowest BCUT2D eigenvalue weighted by Crippen LogP contribution is -2.39. The van der Waals surface area contributed by atoms with Crippen LogP contribution >= 0.6 is 0 Å². The van der Waals surface area contributed by atoms with E-state index in [9.17, 15) is 28.3 Å². The number of nitrogens with zero attached hydrogens (tertiary/aromatic N) is 1. The van der Waals surface area contributed by atoms with Crippen molar-refractivity contribution in [3.63, 3.8) is 0 Å². The molecule has 0 atom stereocenters. The number of ether oxygens (including phenoxy) is 4. The van der Waals surface area contributed by atoms with Crippen molar-refractivity contribution in [2.24, 2.45) is 0 Å². The minimum absolute atomic E-state index is 0.0675. The van der Waals surface area contributed by atoms with Gasteiger partial charge >= 0.3 is 17.9 Å². The topological polar surface area (TPSA) is 112 Å². The Hall–Kier alpha value is -3.21. The molecule has 28 heavy (non-hydrogen) atoms. The summed E-state index contributed by atoms with van der Waals surface area (Å²) in [6.45, 7) is -1.52. The first-order chi connectivity index (χ1) is 13.3. The summed E-state index contributed by atoms with van der Waals surface area (Å²) in [6.07, 6.45) is -2.79. The van der Waals surface area contributed by atoms with Crippen LogP contribution in [0.15, 0.2) is 29.5 Å². The van der Waals surface area contributed by atoms with Gasteiger partial charge in [0, 0.05) is 0 Å². The summed E-state index contributed by atoms with van der Waals surface area (Å²) >= 11 is 0. The number of carbonyl (C=O) groups excluding carboxylic acids is 2. The van der Waals surface area contributed by atoms with E-state index in [1.54, 1.807) is 0 Å². The lowest BCUT2D eigenvalue weighted by atomic mass is 10.1. The molecule has 0 saturated heterocycles. The van der Waals surface area contributed by atoms with Gasteiger partial charge in [-0.1, -0.05) is 0 Å². The molecule has 0 bridgehead atoms. The number of carboxylic acid groups (broad SMARTS) is 1. The summed E-state index contributed by atoms with van der Waals surface area (Å²) in [6, 6.07) is 3.43. The molecule has 2 rings (SSSR count). The minimum Gasteiger partial charge on any atom is -0.485 e. The average molecular weight is 401 g/mol. The Morgan fingerprint density at radius 1 is 1.21 bits per heavy atom. The fraction of sp³-hybridized carbons (Fsp3) is 0.353. The summed E-state index contributed by atoms with van der Waals surface area (Å²) in [5.41, 5.74) is -0.720. The Kier molecular flexibility index (Phi) is 6.88. The number of carbonyl (C=O) groups is 3. The number of hydrogen-bond donors (Lipinski definition) is 1. The highest BCUT2D eigenvalue weighted by molar-refractivity contribution is 6.04. The van der Waals surface area contributed by atoms with Gasteiger partial charge < -0.3 is 29.0 Å². The Labute approximate surface area is 158 Å². The molecule has 0 saturated carbocycles. The Morgan fingerprint density at radius 2 is 1.89 bits per heavy atom. The summed E-state index contributed by atoms with van der Waals surface area (Å²) in [5, 5.41) is 9.23. The molecule has 0 fully saturated rings. The summed E-state index contributed by atoms with van der Waals surface area (Å²) in [4.78, 5) is 36.8. The third kappa shape index (κ3) is 4.55. The Balaban J connectivity index is 2.63. The van der Waals surface area contributed by atoms with E-state index >= 15 is 0 Å². The third-order valence-corrected chi connectivity index (χ3v) is 3.69. The van der Waals surface area contributed by atoms with E-state index in [1.165, 1.54) is 6.07 Å². The van der Waals surface area contributed by atoms with Crippen LogP contribution in [0.4, 0.5) is 14.5 Å². The van der Waals surface area contributed by atoms with E-state index in [1.807, 2.05) is 0 Å². The monoisotopic (exact) mass is 401 g/mol. The van der Waals surface area contributed by atoms with Gasteiger partial charge in [-0.25, -0.2) is 23.2 Å². The van der Waals surface area contributed by atoms with Crippen LogP contribution in [-0.4, -0.2) is 63.6 Å². The van der Waals surface area contributed by atoms with Gasteiger partial charge in [0.15, 0.2) is 0 Å². The van der Waals surface area contributed by atoms with Crippen LogP contribution in [-0.2, 0) is 23.8 Å². The van der Waals surface area contributed by atoms with Crippen molar-refractivity contribution in [3.8, 4) is 5.75 Å². The summed E-state index contributed by atoms with van der Waals surface area (Å²) in [5.74, 6) is -3.23. The first-order valence-corrected chi connectivity index (χ1v) is 7.83. The number of methoxy groups -OCH3 is 2. The number of alkyl halides is 2. The lowest BCUT2D eigenvalue weighted by Gasteiger charge is -2.32. The predicted octanol–water partition coefficient (Wildman–Crippen LogP) is 1.42. The molecule has 11 heteroatoms. The van der Waals surface area contributed by atoms with E-state index < -0.39 is 30.9 Å². The number of aromatic carboxylic acids is 1. The molecule has 1 aliphatic rings. The first kappa shape index (κ1) is 21.1. The SMILES string of the molecule is COC(=O)C1=C(C(=O)OC)N(c2cc(C(=O)O)ccc2OCC(F)F)COC1. The first-order valence-electron chi connectivity index (χ1n) is 7.83. The van der Waals surface area contributed by atoms with Crippen LogP contribution < -0.4 is 9.64 Å². The number of benzene rings is 1. The van der Waals surface area contributed by atoms with E-state index in [-0.39, 0.29) is 41.6 Å². The summed E-state index contributed by atoms with van der Waals surface area (Å²) in [7, 11) is 2.19. The molecule has 152 valence electrons. The number of halogens is 2. The Morgan fingerprint density at radius 3 is 2.46 bits per heavy atom. The van der Waals surface area contributed by atoms with Crippen molar-refractivity contribution in [1.29, 1.82) is 0 Å². The molecule has 0 aromatic heterocycles.